The van der Waals surface area contributed by atoms with Crippen molar-refractivity contribution < 1.29 is 15.0 Å². The molecule has 0 fully saturated rings. The first-order chi connectivity index (χ1) is 10.9. The van der Waals surface area contributed by atoms with Crippen molar-refractivity contribution in [3.8, 4) is 17.0 Å². The highest BCUT2D eigenvalue weighted by atomic mass is 35.5. The number of pyridine rings is 1. The maximum Gasteiger partial charge on any atom is 0.340 e. The van der Waals surface area contributed by atoms with Crippen LogP contribution in [0.3, 0.4) is 0 Å². The molecule has 0 atom stereocenters. The lowest BCUT2D eigenvalue weighted by atomic mass is 10.0. The number of carboxylic acids is 1. The highest BCUT2D eigenvalue weighted by molar-refractivity contribution is 6.42. The van der Waals surface area contributed by atoms with E-state index in [1.54, 1.807) is 24.3 Å². The summed E-state index contributed by atoms with van der Waals surface area (Å²) in [5.74, 6) is -1.62. The standard InChI is InChI=1S/C17H11Cl2NO3/c1-8-2-5-13-10(6-8)14(17(22)23)16(21)15(20-13)9-3-4-11(18)12(19)7-9/h2-7,21H,1H3,(H,22,23). The van der Waals surface area contributed by atoms with Crippen molar-refractivity contribution in [2.75, 3.05) is 0 Å². The normalized spacial score (nSPS) is 10.9. The lowest BCUT2D eigenvalue weighted by Crippen LogP contribution is -2.02. The van der Waals surface area contributed by atoms with Crippen LogP contribution in [0.5, 0.6) is 5.75 Å². The van der Waals surface area contributed by atoms with E-state index in [0.29, 0.717) is 26.5 Å². The van der Waals surface area contributed by atoms with Crippen LogP contribution in [0.25, 0.3) is 22.2 Å². The summed E-state index contributed by atoms with van der Waals surface area (Å²) in [5.41, 5.74) is 1.81. The molecule has 0 amide bonds. The van der Waals surface area contributed by atoms with Gasteiger partial charge in [0, 0.05) is 10.9 Å². The zero-order chi connectivity index (χ0) is 16.7. The maximum atomic E-state index is 11.6. The first kappa shape index (κ1) is 15.6. The molecule has 4 nitrogen and oxygen atoms in total. The number of rotatable bonds is 2. The Labute approximate surface area is 141 Å². The minimum absolute atomic E-state index is 0.150. The molecule has 0 saturated carbocycles. The summed E-state index contributed by atoms with van der Waals surface area (Å²) in [6.45, 7) is 1.84. The Morgan fingerprint density at radius 3 is 2.48 bits per heavy atom. The predicted octanol–water partition coefficient (Wildman–Crippen LogP) is 4.92. The van der Waals surface area contributed by atoms with Crippen molar-refractivity contribution in [2.24, 2.45) is 0 Å². The number of fused-ring (bicyclic) bond motifs is 1. The second kappa shape index (κ2) is 5.72. The van der Waals surface area contributed by atoms with Crippen molar-refractivity contribution >= 4 is 40.1 Å². The summed E-state index contributed by atoms with van der Waals surface area (Å²) >= 11 is 11.9. The molecule has 0 radical (unpaired) electrons. The summed E-state index contributed by atoms with van der Waals surface area (Å²) in [7, 11) is 0. The van der Waals surface area contributed by atoms with Crippen LogP contribution in [-0.4, -0.2) is 21.2 Å². The molecule has 2 aromatic carbocycles. The molecule has 23 heavy (non-hydrogen) atoms. The molecule has 0 saturated heterocycles. The molecule has 1 aromatic heterocycles. The van der Waals surface area contributed by atoms with Crippen LogP contribution in [0.15, 0.2) is 36.4 Å². The summed E-state index contributed by atoms with van der Waals surface area (Å²) < 4.78 is 0. The fourth-order valence-corrected chi connectivity index (χ4v) is 2.73. The van der Waals surface area contributed by atoms with Crippen LogP contribution < -0.4 is 0 Å². The van der Waals surface area contributed by atoms with E-state index < -0.39 is 11.7 Å². The SMILES string of the molecule is Cc1ccc2nc(-c3ccc(Cl)c(Cl)c3)c(O)c(C(=O)O)c2c1. The minimum atomic E-state index is -1.22. The number of hydrogen-bond acceptors (Lipinski definition) is 3. The van der Waals surface area contributed by atoms with Gasteiger partial charge in [-0.15, -0.1) is 0 Å². The Kier molecular flexibility index (Phi) is 3.88. The van der Waals surface area contributed by atoms with Gasteiger partial charge in [0.2, 0.25) is 0 Å². The largest absolute Gasteiger partial charge is 0.505 e. The third-order valence-electron chi connectivity index (χ3n) is 3.52. The van der Waals surface area contributed by atoms with Crippen molar-refractivity contribution in [2.45, 2.75) is 6.92 Å². The van der Waals surface area contributed by atoms with Crippen molar-refractivity contribution in [1.29, 1.82) is 0 Å². The van der Waals surface area contributed by atoms with E-state index in [-0.39, 0.29) is 11.3 Å². The monoisotopic (exact) mass is 347 g/mol. The van der Waals surface area contributed by atoms with E-state index in [0.717, 1.165) is 5.56 Å². The Morgan fingerprint density at radius 1 is 1.09 bits per heavy atom. The summed E-state index contributed by atoms with van der Waals surface area (Å²) in [6, 6.07) is 9.97. The Bertz CT molecular complexity index is 954. The topological polar surface area (TPSA) is 70.4 Å². The maximum absolute atomic E-state index is 11.6. The molecule has 3 aromatic rings. The first-order valence-electron chi connectivity index (χ1n) is 6.70. The summed E-state index contributed by atoms with van der Waals surface area (Å²) in [6.07, 6.45) is 0. The smallest absolute Gasteiger partial charge is 0.340 e. The van der Waals surface area contributed by atoms with Crippen LogP contribution in [0.2, 0.25) is 10.0 Å². The molecule has 3 rings (SSSR count). The number of halogens is 2. The van der Waals surface area contributed by atoms with Gasteiger partial charge in [0.1, 0.15) is 11.3 Å². The van der Waals surface area contributed by atoms with Crippen molar-refractivity contribution in [3.63, 3.8) is 0 Å². The average Bonchev–Trinajstić information content (AvgIpc) is 2.49. The van der Waals surface area contributed by atoms with Gasteiger partial charge in [0.05, 0.1) is 15.6 Å². The van der Waals surface area contributed by atoms with Gasteiger partial charge >= 0.3 is 5.97 Å². The van der Waals surface area contributed by atoms with Gasteiger partial charge in [0.25, 0.3) is 0 Å². The van der Waals surface area contributed by atoms with E-state index in [1.807, 2.05) is 13.0 Å². The minimum Gasteiger partial charge on any atom is -0.505 e. The van der Waals surface area contributed by atoms with Gasteiger partial charge in [-0.05, 0) is 31.2 Å². The molecule has 1 heterocycles. The number of aromatic carboxylic acids is 1. The molecule has 0 aliphatic heterocycles. The molecule has 116 valence electrons. The second-order valence-electron chi connectivity index (χ2n) is 5.14. The number of carbonyl (C=O) groups is 1. The lowest BCUT2D eigenvalue weighted by molar-refractivity contribution is 0.0696. The number of hydrogen-bond donors (Lipinski definition) is 2. The van der Waals surface area contributed by atoms with Crippen LogP contribution in [0.1, 0.15) is 15.9 Å². The lowest BCUT2D eigenvalue weighted by Gasteiger charge is -2.11. The number of aromatic hydroxyl groups is 1. The molecule has 0 aliphatic rings. The zero-order valence-electron chi connectivity index (χ0n) is 12.0. The molecular weight excluding hydrogens is 337 g/mol. The molecule has 0 bridgehead atoms. The first-order valence-corrected chi connectivity index (χ1v) is 7.46. The second-order valence-corrected chi connectivity index (χ2v) is 5.95. The molecule has 0 aliphatic carbocycles. The highest BCUT2D eigenvalue weighted by Crippen LogP contribution is 2.37. The molecule has 6 heteroatoms. The van der Waals surface area contributed by atoms with Crippen molar-refractivity contribution in [3.05, 3.63) is 57.6 Å². The van der Waals surface area contributed by atoms with E-state index >= 15 is 0 Å². The number of carboxylic acid groups (broad SMARTS) is 1. The number of aryl methyl sites for hydroxylation is 1. The number of nitrogens with zero attached hydrogens (tertiary/aromatic N) is 1. The van der Waals surface area contributed by atoms with Crippen LogP contribution in [0.4, 0.5) is 0 Å². The van der Waals surface area contributed by atoms with Crippen LogP contribution in [-0.2, 0) is 0 Å². The third-order valence-corrected chi connectivity index (χ3v) is 4.26. The zero-order valence-corrected chi connectivity index (χ0v) is 13.5. The highest BCUT2D eigenvalue weighted by Gasteiger charge is 2.21. The molecule has 2 N–H and O–H groups in total. The molecule has 0 unspecified atom stereocenters. The van der Waals surface area contributed by atoms with Crippen LogP contribution in [0, 0.1) is 6.92 Å². The fraction of sp³-hybridized carbons (Fsp3) is 0.0588. The van der Waals surface area contributed by atoms with Crippen LogP contribution >= 0.6 is 23.2 Å². The average molecular weight is 348 g/mol. The summed E-state index contributed by atoms with van der Waals surface area (Å²) in [4.78, 5) is 16.0. The Hall–Kier alpha value is -2.30. The van der Waals surface area contributed by atoms with E-state index in [1.165, 1.54) is 6.07 Å². The summed E-state index contributed by atoms with van der Waals surface area (Å²) in [5, 5.41) is 21.0. The number of benzene rings is 2. The van der Waals surface area contributed by atoms with Gasteiger partial charge in [0.15, 0.2) is 5.75 Å². The third kappa shape index (κ3) is 2.71. The fourth-order valence-electron chi connectivity index (χ4n) is 2.43. The Balaban J connectivity index is 2.38. The van der Waals surface area contributed by atoms with Gasteiger partial charge in [-0.1, -0.05) is 40.9 Å². The molecule has 0 spiro atoms. The predicted molar refractivity (Wildman–Crippen MR) is 90.6 cm³/mol. The van der Waals surface area contributed by atoms with E-state index in [9.17, 15) is 15.0 Å². The molecular formula is C17H11Cl2NO3. The quantitative estimate of drug-likeness (QED) is 0.690. The van der Waals surface area contributed by atoms with Crippen molar-refractivity contribution in [1.82, 2.24) is 4.98 Å². The van der Waals surface area contributed by atoms with Gasteiger partial charge in [-0.2, -0.15) is 0 Å². The van der Waals surface area contributed by atoms with E-state index in [2.05, 4.69) is 4.98 Å². The van der Waals surface area contributed by atoms with Gasteiger partial charge in [-0.3, -0.25) is 0 Å². The van der Waals surface area contributed by atoms with E-state index in [4.69, 9.17) is 23.2 Å². The van der Waals surface area contributed by atoms with Gasteiger partial charge in [-0.25, -0.2) is 9.78 Å². The number of aromatic nitrogens is 1. The Morgan fingerprint density at radius 2 is 1.83 bits per heavy atom. The van der Waals surface area contributed by atoms with Gasteiger partial charge < -0.3 is 10.2 Å².